The van der Waals surface area contributed by atoms with Crippen LogP contribution in [0.15, 0.2) is 12.1 Å². The fourth-order valence-electron chi connectivity index (χ4n) is 3.82. The van der Waals surface area contributed by atoms with Gasteiger partial charge in [0.25, 0.3) is 0 Å². The third-order valence-corrected chi connectivity index (χ3v) is 4.55. The second-order valence-corrected chi connectivity index (χ2v) is 6.08. The van der Waals surface area contributed by atoms with Crippen molar-refractivity contribution in [3.63, 3.8) is 0 Å². The zero-order valence-electron chi connectivity index (χ0n) is 11.7. The Kier molecular flexibility index (Phi) is 3.20. The van der Waals surface area contributed by atoms with E-state index in [1.165, 1.54) is 47.8 Å². The molecule has 2 aliphatic rings. The molecule has 18 heavy (non-hydrogen) atoms. The average molecular weight is 242 g/mol. The van der Waals surface area contributed by atoms with E-state index in [-0.39, 0.29) is 0 Å². The number of hydrogen-bond donors (Lipinski definition) is 2. The second kappa shape index (κ2) is 4.71. The van der Waals surface area contributed by atoms with Gasteiger partial charge in [0.2, 0.25) is 0 Å². The molecule has 1 aromatic rings. The normalized spacial score (nSPS) is 27.4. The van der Waals surface area contributed by atoms with Crippen LogP contribution in [0.2, 0.25) is 0 Å². The second-order valence-electron chi connectivity index (χ2n) is 6.08. The SMILES string of the molecule is Cc1cc(C)c(B2N[C@@H]3CCCC[C@H]3N2)c(C)c1. The van der Waals surface area contributed by atoms with Gasteiger partial charge in [-0.2, -0.15) is 0 Å². The zero-order valence-corrected chi connectivity index (χ0v) is 11.7. The van der Waals surface area contributed by atoms with Crippen molar-refractivity contribution in [1.29, 1.82) is 0 Å². The number of nitrogens with one attached hydrogen (secondary N) is 2. The molecule has 2 N–H and O–H groups in total. The van der Waals surface area contributed by atoms with E-state index in [1.54, 1.807) is 0 Å². The fourth-order valence-corrected chi connectivity index (χ4v) is 3.82. The molecule has 3 rings (SSSR count). The lowest BCUT2D eigenvalue weighted by Gasteiger charge is -2.24. The number of aryl methyl sites for hydroxylation is 3. The molecule has 1 aliphatic heterocycles. The summed E-state index contributed by atoms with van der Waals surface area (Å²) in [7, 11) is 0. The summed E-state index contributed by atoms with van der Waals surface area (Å²) in [5.41, 5.74) is 5.66. The topological polar surface area (TPSA) is 24.1 Å². The highest BCUT2D eigenvalue weighted by Crippen LogP contribution is 2.22. The summed E-state index contributed by atoms with van der Waals surface area (Å²) in [6.07, 6.45) is 5.43. The van der Waals surface area contributed by atoms with Crippen LogP contribution in [-0.2, 0) is 0 Å². The largest absolute Gasteiger partial charge is 0.341 e. The standard InChI is InChI=1S/C15H23BN2/c1-10-8-11(2)15(12(3)9-10)16-17-13-6-4-5-7-14(13)18-16/h8-9,13-14,17-18H,4-7H2,1-3H3/t13-,14-/m1/s1. The highest BCUT2D eigenvalue weighted by molar-refractivity contribution is 6.70. The zero-order chi connectivity index (χ0) is 12.7. The number of hydrogen-bond acceptors (Lipinski definition) is 2. The first-order valence-corrected chi connectivity index (χ1v) is 7.25. The molecule has 0 amide bonds. The van der Waals surface area contributed by atoms with E-state index in [4.69, 9.17) is 0 Å². The summed E-state index contributed by atoms with van der Waals surface area (Å²) in [6, 6.07) is 5.97. The van der Waals surface area contributed by atoms with E-state index >= 15 is 0 Å². The Balaban J connectivity index is 1.88. The molecule has 96 valence electrons. The Morgan fingerprint density at radius 3 is 1.94 bits per heavy atom. The summed E-state index contributed by atoms with van der Waals surface area (Å²) >= 11 is 0. The van der Waals surface area contributed by atoms with Gasteiger partial charge in [-0.25, -0.2) is 0 Å². The molecule has 2 fully saturated rings. The van der Waals surface area contributed by atoms with Crippen LogP contribution in [0, 0.1) is 20.8 Å². The quantitative estimate of drug-likeness (QED) is 0.734. The molecule has 1 heterocycles. The van der Waals surface area contributed by atoms with Crippen molar-refractivity contribution < 1.29 is 0 Å². The van der Waals surface area contributed by atoms with Crippen LogP contribution in [0.4, 0.5) is 0 Å². The van der Waals surface area contributed by atoms with Gasteiger partial charge in [0.05, 0.1) is 0 Å². The van der Waals surface area contributed by atoms with E-state index in [1.807, 2.05) is 0 Å². The van der Waals surface area contributed by atoms with Crippen LogP contribution < -0.4 is 15.9 Å². The molecule has 1 aliphatic carbocycles. The van der Waals surface area contributed by atoms with Crippen LogP contribution in [0.25, 0.3) is 0 Å². The van der Waals surface area contributed by atoms with Crippen molar-refractivity contribution in [2.24, 2.45) is 0 Å². The summed E-state index contributed by atoms with van der Waals surface area (Å²) in [4.78, 5) is 0. The van der Waals surface area contributed by atoms with E-state index in [0.717, 1.165) is 0 Å². The maximum Gasteiger partial charge on any atom is 0.341 e. The first-order chi connectivity index (χ1) is 8.65. The molecule has 1 aromatic carbocycles. The van der Waals surface area contributed by atoms with Crippen molar-refractivity contribution in [2.75, 3.05) is 0 Å². The van der Waals surface area contributed by atoms with Gasteiger partial charge < -0.3 is 10.5 Å². The molecule has 1 saturated heterocycles. The van der Waals surface area contributed by atoms with Crippen molar-refractivity contribution in [2.45, 2.75) is 58.5 Å². The number of rotatable bonds is 1. The molecule has 0 unspecified atom stereocenters. The molecule has 2 nitrogen and oxygen atoms in total. The van der Waals surface area contributed by atoms with Crippen molar-refractivity contribution in [3.8, 4) is 0 Å². The minimum atomic E-state index is 0.360. The Morgan fingerprint density at radius 1 is 0.944 bits per heavy atom. The molecule has 0 bridgehead atoms. The van der Waals surface area contributed by atoms with Gasteiger partial charge in [-0.05, 0) is 39.1 Å². The lowest BCUT2D eigenvalue weighted by Crippen LogP contribution is -2.52. The summed E-state index contributed by atoms with van der Waals surface area (Å²) < 4.78 is 0. The van der Waals surface area contributed by atoms with Gasteiger partial charge in [0, 0.05) is 12.1 Å². The predicted octanol–water partition coefficient (Wildman–Crippen LogP) is 1.81. The molecule has 0 spiro atoms. The third kappa shape index (κ3) is 2.10. The van der Waals surface area contributed by atoms with Gasteiger partial charge in [0.15, 0.2) is 0 Å². The first kappa shape index (κ1) is 12.2. The Bertz CT molecular complexity index is 421. The predicted molar refractivity (Wildman–Crippen MR) is 78.4 cm³/mol. The van der Waals surface area contributed by atoms with Gasteiger partial charge in [0.1, 0.15) is 0 Å². The van der Waals surface area contributed by atoms with Gasteiger partial charge in [-0.1, -0.05) is 41.7 Å². The van der Waals surface area contributed by atoms with Gasteiger partial charge in [-0.15, -0.1) is 0 Å². The molecular weight excluding hydrogens is 219 g/mol. The van der Waals surface area contributed by atoms with Crippen LogP contribution in [0.3, 0.4) is 0 Å². The number of benzene rings is 1. The van der Waals surface area contributed by atoms with Gasteiger partial charge in [-0.3, -0.25) is 0 Å². The summed E-state index contributed by atoms with van der Waals surface area (Å²) in [5.74, 6) is 0. The fraction of sp³-hybridized carbons (Fsp3) is 0.600. The molecule has 2 atom stereocenters. The van der Waals surface area contributed by atoms with Crippen LogP contribution in [0.1, 0.15) is 42.4 Å². The minimum absolute atomic E-state index is 0.360. The van der Waals surface area contributed by atoms with Crippen molar-refractivity contribution in [1.82, 2.24) is 10.5 Å². The minimum Gasteiger partial charge on any atom is -0.334 e. The lowest BCUT2D eigenvalue weighted by atomic mass is 9.65. The first-order valence-electron chi connectivity index (χ1n) is 7.25. The van der Waals surface area contributed by atoms with E-state index in [2.05, 4.69) is 43.4 Å². The number of fused-ring (bicyclic) bond motifs is 1. The molecule has 0 radical (unpaired) electrons. The average Bonchev–Trinajstić information content (AvgIpc) is 2.70. The Hall–Kier alpha value is -0.795. The maximum absolute atomic E-state index is 3.80. The van der Waals surface area contributed by atoms with E-state index in [9.17, 15) is 0 Å². The van der Waals surface area contributed by atoms with Crippen LogP contribution >= 0.6 is 0 Å². The van der Waals surface area contributed by atoms with E-state index < -0.39 is 0 Å². The smallest absolute Gasteiger partial charge is 0.334 e. The molecule has 3 heteroatoms. The maximum atomic E-state index is 3.80. The van der Waals surface area contributed by atoms with E-state index in [0.29, 0.717) is 19.1 Å². The highest BCUT2D eigenvalue weighted by atomic mass is 15.1. The third-order valence-electron chi connectivity index (χ3n) is 4.55. The molecule has 1 saturated carbocycles. The lowest BCUT2D eigenvalue weighted by molar-refractivity contribution is 0.374. The summed E-state index contributed by atoms with van der Waals surface area (Å²) in [5, 5.41) is 7.60. The van der Waals surface area contributed by atoms with Crippen LogP contribution in [-0.4, -0.2) is 19.1 Å². The van der Waals surface area contributed by atoms with Crippen LogP contribution in [0.5, 0.6) is 0 Å². The highest BCUT2D eigenvalue weighted by Gasteiger charge is 2.38. The van der Waals surface area contributed by atoms with Crippen molar-refractivity contribution >= 4 is 12.4 Å². The monoisotopic (exact) mass is 242 g/mol. The van der Waals surface area contributed by atoms with Gasteiger partial charge >= 0.3 is 6.98 Å². The molecular formula is C15H23BN2. The summed E-state index contributed by atoms with van der Waals surface area (Å²) in [6.45, 7) is 7.01. The van der Waals surface area contributed by atoms with Crippen molar-refractivity contribution in [3.05, 3.63) is 28.8 Å². The molecule has 0 aromatic heterocycles. The Labute approximate surface area is 111 Å². The Morgan fingerprint density at radius 2 is 1.44 bits per heavy atom.